The minimum Gasteiger partial charge on any atom is -0.469 e. The maximum Gasteiger partial charge on any atom is 0.309 e. The molecule has 0 aromatic heterocycles. The largest absolute Gasteiger partial charge is 0.469 e. The van der Waals surface area contributed by atoms with E-state index >= 15 is 0 Å². The van der Waals surface area contributed by atoms with Crippen LogP contribution in [0.5, 0.6) is 0 Å². The van der Waals surface area contributed by atoms with Crippen molar-refractivity contribution in [2.45, 2.75) is 13.3 Å². The van der Waals surface area contributed by atoms with Crippen LogP contribution in [0.1, 0.15) is 13.3 Å². The first-order valence-corrected chi connectivity index (χ1v) is 3.15. The highest BCUT2D eigenvalue weighted by atomic mass is 16.5. The van der Waals surface area contributed by atoms with Crippen LogP contribution < -0.4 is 5.32 Å². The molecule has 0 aromatic carbocycles. The summed E-state index contributed by atoms with van der Waals surface area (Å²) >= 11 is 0. The van der Waals surface area contributed by atoms with E-state index in [-0.39, 0.29) is 18.3 Å². The smallest absolute Gasteiger partial charge is 0.309 e. The molecule has 0 aliphatic rings. The van der Waals surface area contributed by atoms with E-state index in [9.17, 15) is 9.59 Å². The lowest BCUT2D eigenvalue weighted by Crippen LogP contribution is -2.11. The molecule has 0 heterocycles. The Hall–Kier alpha value is -1.32. The van der Waals surface area contributed by atoms with Gasteiger partial charge in [-0.25, -0.2) is 0 Å². The first kappa shape index (κ1) is 9.68. The van der Waals surface area contributed by atoms with Crippen LogP contribution in [0.25, 0.3) is 0 Å². The second kappa shape index (κ2) is 5.46. The van der Waals surface area contributed by atoms with Crippen LogP contribution in [0, 0.1) is 0 Å². The number of esters is 1. The minimum absolute atomic E-state index is 0.161. The highest BCUT2D eigenvalue weighted by Gasteiger charge is 1.92. The van der Waals surface area contributed by atoms with Crippen LogP contribution >= 0.6 is 0 Å². The quantitative estimate of drug-likeness (QED) is 0.595. The highest BCUT2D eigenvalue weighted by molar-refractivity contribution is 5.74. The fourth-order valence-corrected chi connectivity index (χ4v) is 0.415. The van der Waals surface area contributed by atoms with Gasteiger partial charge in [0.25, 0.3) is 0 Å². The zero-order chi connectivity index (χ0) is 8.69. The average Bonchev–Trinajstić information content (AvgIpc) is 1.97. The van der Waals surface area contributed by atoms with Gasteiger partial charge in [0.15, 0.2) is 0 Å². The summed E-state index contributed by atoms with van der Waals surface area (Å²) in [6.45, 7) is 1.39. The summed E-state index contributed by atoms with van der Waals surface area (Å²) in [6, 6.07) is 0. The van der Waals surface area contributed by atoms with E-state index in [1.165, 1.54) is 26.3 Å². The van der Waals surface area contributed by atoms with Gasteiger partial charge in [0.2, 0.25) is 5.91 Å². The molecule has 0 saturated heterocycles. The van der Waals surface area contributed by atoms with Gasteiger partial charge in [-0.1, -0.05) is 6.08 Å². The fourth-order valence-electron chi connectivity index (χ4n) is 0.415. The van der Waals surface area contributed by atoms with E-state index in [1.54, 1.807) is 0 Å². The second-order valence-electron chi connectivity index (χ2n) is 1.88. The molecule has 4 nitrogen and oxygen atoms in total. The molecule has 1 N–H and O–H groups in total. The van der Waals surface area contributed by atoms with Crippen molar-refractivity contribution in [3.8, 4) is 0 Å². The summed E-state index contributed by atoms with van der Waals surface area (Å²) < 4.78 is 4.35. The molecule has 0 saturated carbocycles. The van der Waals surface area contributed by atoms with Gasteiger partial charge in [-0.05, 0) is 0 Å². The Bertz CT molecular complexity index is 175. The zero-order valence-corrected chi connectivity index (χ0v) is 6.59. The van der Waals surface area contributed by atoms with Crippen molar-refractivity contribution >= 4 is 11.9 Å². The van der Waals surface area contributed by atoms with Gasteiger partial charge in [-0.2, -0.15) is 0 Å². The molecule has 4 heteroatoms. The Balaban J connectivity index is 3.44. The predicted octanol–water partition coefficient (Wildman–Crippen LogP) is 0.199. The third kappa shape index (κ3) is 6.57. The van der Waals surface area contributed by atoms with Crippen molar-refractivity contribution in [3.05, 3.63) is 12.3 Å². The fraction of sp³-hybridized carbons (Fsp3) is 0.429. The van der Waals surface area contributed by atoms with Gasteiger partial charge in [-0.3, -0.25) is 9.59 Å². The number of carbonyl (C=O) groups is 2. The van der Waals surface area contributed by atoms with Crippen LogP contribution in [-0.4, -0.2) is 19.0 Å². The summed E-state index contributed by atoms with van der Waals surface area (Å²) in [6.07, 6.45) is 3.11. The first-order valence-electron chi connectivity index (χ1n) is 3.15. The lowest BCUT2D eigenvalue weighted by atomic mass is 10.4. The number of nitrogens with one attached hydrogen (secondary N) is 1. The number of methoxy groups -OCH3 is 1. The summed E-state index contributed by atoms with van der Waals surface area (Å²) in [5, 5.41) is 2.40. The van der Waals surface area contributed by atoms with E-state index in [4.69, 9.17) is 0 Å². The van der Waals surface area contributed by atoms with Crippen molar-refractivity contribution < 1.29 is 14.3 Å². The maximum absolute atomic E-state index is 10.5. The SMILES string of the molecule is COC(=O)CC=CNC(C)=O. The molecule has 0 radical (unpaired) electrons. The van der Waals surface area contributed by atoms with Crippen molar-refractivity contribution in [2.24, 2.45) is 0 Å². The molecule has 0 atom stereocenters. The van der Waals surface area contributed by atoms with Crippen LogP contribution in [0.4, 0.5) is 0 Å². The van der Waals surface area contributed by atoms with Crippen molar-refractivity contribution in [1.82, 2.24) is 5.32 Å². The molecular formula is C7H11NO3. The van der Waals surface area contributed by atoms with Gasteiger partial charge in [-0.15, -0.1) is 0 Å². The maximum atomic E-state index is 10.5. The lowest BCUT2D eigenvalue weighted by molar-refractivity contribution is -0.139. The molecule has 0 fully saturated rings. The normalized spacial score (nSPS) is 9.64. The van der Waals surface area contributed by atoms with E-state index in [2.05, 4.69) is 10.1 Å². The summed E-state index contributed by atoms with van der Waals surface area (Å²) in [7, 11) is 1.31. The third-order valence-electron chi connectivity index (χ3n) is 0.917. The van der Waals surface area contributed by atoms with Crippen molar-refractivity contribution in [1.29, 1.82) is 0 Å². The molecule has 0 aromatic rings. The third-order valence-corrected chi connectivity index (χ3v) is 0.917. The van der Waals surface area contributed by atoms with Crippen LogP contribution in [0.2, 0.25) is 0 Å². The molecule has 0 aliphatic carbocycles. The molecule has 0 spiro atoms. The van der Waals surface area contributed by atoms with Gasteiger partial charge in [0, 0.05) is 13.1 Å². The van der Waals surface area contributed by atoms with Gasteiger partial charge in [0.05, 0.1) is 13.5 Å². The van der Waals surface area contributed by atoms with Gasteiger partial charge < -0.3 is 10.1 Å². The second-order valence-corrected chi connectivity index (χ2v) is 1.88. The Kier molecular flexibility index (Phi) is 4.81. The summed E-state index contributed by atoms with van der Waals surface area (Å²) in [5.74, 6) is -0.488. The monoisotopic (exact) mass is 157 g/mol. The molecule has 0 aliphatic heterocycles. The standard InChI is InChI=1S/C7H11NO3/c1-6(9)8-5-3-4-7(10)11-2/h3,5H,4H2,1-2H3,(H,8,9). The van der Waals surface area contributed by atoms with Crippen LogP contribution in [-0.2, 0) is 14.3 Å². The zero-order valence-electron chi connectivity index (χ0n) is 6.59. The minimum atomic E-state index is -0.327. The molecule has 0 bridgehead atoms. The van der Waals surface area contributed by atoms with E-state index in [1.807, 2.05) is 0 Å². The average molecular weight is 157 g/mol. The molecule has 11 heavy (non-hydrogen) atoms. The number of ether oxygens (including phenoxy) is 1. The summed E-state index contributed by atoms with van der Waals surface area (Å²) in [5.41, 5.74) is 0. The van der Waals surface area contributed by atoms with Crippen LogP contribution in [0.3, 0.4) is 0 Å². The number of hydrogen-bond donors (Lipinski definition) is 1. The number of hydrogen-bond acceptors (Lipinski definition) is 3. The Morgan fingerprint density at radius 1 is 1.55 bits per heavy atom. The summed E-state index contributed by atoms with van der Waals surface area (Å²) in [4.78, 5) is 20.7. The topological polar surface area (TPSA) is 55.4 Å². The van der Waals surface area contributed by atoms with E-state index in [0.29, 0.717) is 0 Å². The number of carbonyl (C=O) groups excluding carboxylic acids is 2. The number of rotatable bonds is 3. The van der Waals surface area contributed by atoms with E-state index < -0.39 is 0 Å². The lowest BCUT2D eigenvalue weighted by Gasteiger charge is -1.92. The van der Waals surface area contributed by atoms with Gasteiger partial charge >= 0.3 is 5.97 Å². The van der Waals surface area contributed by atoms with Gasteiger partial charge in [0.1, 0.15) is 0 Å². The molecule has 62 valence electrons. The van der Waals surface area contributed by atoms with Crippen molar-refractivity contribution in [3.63, 3.8) is 0 Å². The van der Waals surface area contributed by atoms with Crippen LogP contribution in [0.15, 0.2) is 12.3 Å². The highest BCUT2D eigenvalue weighted by Crippen LogP contribution is 1.84. The Morgan fingerprint density at radius 2 is 2.18 bits per heavy atom. The number of amides is 1. The molecular weight excluding hydrogens is 146 g/mol. The molecule has 1 amide bonds. The molecule has 0 rings (SSSR count). The molecule has 0 unspecified atom stereocenters. The van der Waals surface area contributed by atoms with E-state index in [0.717, 1.165) is 0 Å². The first-order chi connectivity index (χ1) is 5.16. The predicted molar refractivity (Wildman–Crippen MR) is 39.6 cm³/mol. The van der Waals surface area contributed by atoms with Crippen molar-refractivity contribution in [2.75, 3.05) is 7.11 Å². The Labute approximate surface area is 65.2 Å². The Morgan fingerprint density at radius 3 is 2.64 bits per heavy atom.